The molecule has 4 atom stereocenters. The molecule has 2 saturated heterocycles. The molecule has 2 fully saturated rings. The Kier molecular flexibility index (Phi) is 6.76. The van der Waals surface area contributed by atoms with Crippen molar-refractivity contribution in [2.45, 2.75) is 50.5 Å². The van der Waals surface area contributed by atoms with Gasteiger partial charge in [-0.1, -0.05) is 0 Å². The fraction of sp³-hybridized carbons (Fsp3) is 0.632. The summed E-state index contributed by atoms with van der Waals surface area (Å²) in [6, 6.07) is 3.22. The SMILES string of the molecule is CCNC(=O)C[C@H]1CC[C@@H]2[C@H](COC[C@H](O)CN2C(=O)c2cccnc2)O1. The van der Waals surface area contributed by atoms with Gasteiger partial charge < -0.3 is 24.8 Å². The topological polar surface area (TPSA) is 101 Å². The van der Waals surface area contributed by atoms with E-state index in [1.165, 1.54) is 6.20 Å². The number of hydrogen-bond acceptors (Lipinski definition) is 6. The molecule has 2 aliphatic heterocycles. The average molecular weight is 377 g/mol. The number of aromatic nitrogens is 1. The number of hydrogen-bond donors (Lipinski definition) is 2. The fourth-order valence-electron chi connectivity index (χ4n) is 3.71. The minimum absolute atomic E-state index is 0.0357. The molecule has 0 aromatic carbocycles. The molecule has 3 heterocycles. The normalized spacial score (nSPS) is 28.6. The molecular weight excluding hydrogens is 350 g/mol. The number of nitrogens with one attached hydrogen (secondary N) is 1. The second kappa shape index (κ2) is 9.25. The van der Waals surface area contributed by atoms with Gasteiger partial charge in [0.1, 0.15) is 6.10 Å². The summed E-state index contributed by atoms with van der Waals surface area (Å²) in [6.07, 6.45) is 3.54. The van der Waals surface area contributed by atoms with Crippen molar-refractivity contribution in [2.75, 3.05) is 26.3 Å². The largest absolute Gasteiger partial charge is 0.389 e. The highest BCUT2D eigenvalue weighted by atomic mass is 16.5. The zero-order valence-electron chi connectivity index (χ0n) is 15.5. The van der Waals surface area contributed by atoms with Crippen LogP contribution in [0, 0.1) is 0 Å². The van der Waals surface area contributed by atoms with Crippen LogP contribution in [0.4, 0.5) is 0 Å². The van der Waals surface area contributed by atoms with E-state index in [9.17, 15) is 14.7 Å². The summed E-state index contributed by atoms with van der Waals surface area (Å²) < 4.78 is 11.7. The van der Waals surface area contributed by atoms with Gasteiger partial charge in [0.25, 0.3) is 5.91 Å². The quantitative estimate of drug-likeness (QED) is 0.786. The lowest BCUT2D eigenvalue weighted by molar-refractivity contribution is -0.150. The maximum atomic E-state index is 13.0. The van der Waals surface area contributed by atoms with Crippen molar-refractivity contribution in [3.8, 4) is 0 Å². The third-order valence-corrected chi connectivity index (χ3v) is 4.94. The summed E-state index contributed by atoms with van der Waals surface area (Å²) in [6.45, 7) is 3.08. The maximum absolute atomic E-state index is 13.0. The molecule has 0 bridgehead atoms. The van der Waals surface area contributed by atoms with Gasteiger partial charge in [0, 0.05) is 25.5 Å². The smallest absolute Gasteiger partial charge is 0.255 e. The summed E-state index contributed by atoms with van der Waals surface area (Å²) in [5.41, 5.74) is 0.481. The number of aliphatic hydroxyl groups is 1. The molecule has 148 valence electrons. The Morgan fingerprint density at radius 1 is 1.37 bits per heavy atom. The van der Waals surface area contributed by atoms with Gasteiger partial charge in [0.05, 0.1) is 43.4 Å². The molecular formula is C19H27N3O5. The highest BCUT2D eigenvalue weighted by Gasteiger charge is 2.40. The molecule has 0 saturated carbocycles. The van der Waals surface area contributed by atoms with E-state index in [1.54, 1.807) is 23.2 Å². The van der Waals surface area contributed by atoms with Crippen molar-refractivity contribution in [2.24, 2.45) is 0 Å². The monoisotopic (exact) mass is 377 g/mol. The lowest BCUT2D eigenvalue weighted by Crippen LogP contribution is -2.57. The number of ether oxygens (including phenoxy) is 2. The molecule has 0 radical (unpaired) electrons. The molecule has 8 nitrogen and oxygen atoms in total. The number of carbonyl (C=O) groups excluding carboxylic acids is 2. The highest BCUT2D eigenvalue weighted by molar-refractivity contribution is 5.94. The van der Waals surface area contributed by atoms with E-state index in [4.69, 9.17) is 9.47 Å². The minimum atomic E-state index is -0.750. The van der Waals surface area contributed by atoms with Crippen LogP contribution in [0.5, 0.6) is 0 Å². The third kappa shape index (κ3) is 5.03. The molecule has 0 unspecified atom stereocenters. The number of amides is 2. The maximum Gasteiger partial charge on any atom is 0.255 e. The Hall–Kier alpha value is -2.03. The Morgan fingerprint density at radius 2 is 2.22 bits per heavy atom. The minimum Gasteiger partial charge on any atom is -0.389 e. The molecule has 0 aliphatic carbocycles. The summed E-state index contributed by atoms with van der Waals surface area (Å²) in [5, 5.41) is 13.0. The number of pyridine rings is 1. The van der Waals surface area contributed by atoms with E-state index >= 15 is 0 Å². The molecule has 2 amide bonds. The first-order valence-electron chi connectivity index (χ1n) is 9.47. The van der Waals surface area contributed by atoms with Gasteiger partial charge in [-0.25, -0.2) is 0 Å². The van der Waals surface area contributed by atoms with Gasteiger partial charge in [-0.3, -0.25) is 14.6 Å². The van der Waals surface area contributed by atoms with E-state index in [0.29, 0.717) is 31.4 Å². The molecule has 27 heavy (non-hydrogen) atoms. The first kappa shape index (κ1) is 19.7. The number of rotatable bonds is 4. The molecule has 0 spiro atoms. The average Bonchev–Trinajstić information content (AvgIpc) is 2.65. The van der Waals surface area contributed by atoms with Gasteiger partial charge in [0.2, 0.25) is 5.91 Å². The van der Waals surface area contributed by atoms with Gasteiger partial charge in [-0.05, 0) is 31.9 Å². The first-order chi connectivity index (χ1) is 13.1. The van der Waals surface area contributed by atoms with Crippen LogP contribution >= 0.6 is 0 Å². The lowest BCUT2D eigenvalue weighted by Gasteiger charge is -2.44. The van der Waals surface area contributed by atoms with Crippen molar-refractivity contribution < 1.29 is 24.2 Å². The van der Waals surface area contributed by atoms with Crippen LogP contribution in [0.1, 0.15) is 36.5 Å². The van der Waals surface area contributed by atoms with E-state index in [0.717, 1.165) is 0 Å². The Labute approximate surface area is 158 Å². The van der Waals surface area contributed by atoms with Crippen LogP contribution in [0.25, 0.3) is 0 Å². The number of aliphatic hydroxyl groups excluding tert-OH is 1. The van der Waals surface area contributed by atoms with Crippen molar-refractivity contribution in [3.05, 3.63) is 30.1 Å². The Morgan fingerprint density at radius 3 is 2.96 bits per heavy atom. The third-order valence-electron chi connectivity index (χ3n) is 4.94. The number of β-amino-alcohol motifs (C(OH)–C–C–N with tert-alkyl or cyclic N) is 1. The Bertz CT molecular complexity index is 641. The van der Waals surface area contributed by atoms with Crippen LogP contribution in [-0.4, -0.2) is 77.5 Å². The summed E-state index contributed by atoms with van der Waals surface area (Å²) >= 11 is 0. The summed E-state index contributed by atoms with van der Waals surface area (Å²) in [4.78, 5) is 30.6. The molecule has 2 N–H and O–H groups in total. The van der Waals surface area contributed by atoms with Crippen LogP contribution in [-0.2, 0) is 14.3 Å². The van der Waals surface area contributed by atoms with Gasteiger partial charge >= 0.3 is 0 Å². The highest BCUT2D eigenvalue weighted by Crippen LogP contribution is 2.28. The van der Waals surface area contributed by atoms with Crippen molar-refractivity contribution in [1.82, 2.24) is 15.2 Å². The van der Waals surface area contributed by atoms with Crippen LogP contribution < -0.4 is 5.32 Å². The number of nitrogens with zero attached hydrogens (tertiary/aromatic N) is 2. The van der Waals surface area contributed by atoms with Crippen LogP contribution in [0.3, 0.4) is 0 Å². The van der Waals surface area contributed by atoms with Gasteiger partial charge in [0.15, 0.2) is 0 Å². The molecule has 2 aliphatic rings. The summed E-state index contributed by atoms with van der Waals surface area (Å²) in [7, 11) is 0. The van der Waals surface area contributed by atoms with E-state index in [-0.39, 0.29) is 49.8 Å². The summed E-state index contributed by atoms with van der Waals surface area (Å²) in [5.74, 6) is -0.212. The zero-order chi connectivity index (χ0) is 19.2. The standard InChI is InChI=1S/C19H27N3O5/c1-2-21-18(24)8-15-5-6-16-17(27-15)12-26-11-14(23)10-22(16)19(25)13-4-3-7-20-9-13/h3-4,7,9,14-17,23H,2,5-6,8,10-12H2,1H3,(H,21,24)/t14-,15-,16-,17+/m1/s1. The fourth-order valence-corrected chi connectivity index (χ4v) is 3.71. The van der Waals surface area contributed by atoms with E-state index < -0.39 is 6.10 Å². The van der Waals surface area contributed by atoms with Gasteiger partial charge in [-0.15, -0.1) is 0 Å². The predicted octanol–water partition coefficient (Wildman–Crippen LogP) is 0.357. The predicted molar refractivity (Wildman–Crippen MR) is 97.1 cm³/mol. The van der Waals surface area contributed by atoms with Crippen molar-refractivity contribution >= 4 is 11.8 Å². The zero-order valence-corrected chi connectivity index (χ0v) is 15.5. The second-order valence-corrected chi connectivity index (χ2v) is 6.99. The lowest BCUT2D eigenvalue weighted by atomic mass is 9.94. The van der Waals surface area contributed by atoms with Gasteiger partial charge in [-0.2, -0.15) is 0 Å². The molecule has 3 rings (SSSR count). The van der Waals surface area contributed by atoms with Crippen LogP contribution in [0.15, 0.2) is 24.5 Å². The van der Waals surface area contributed by atoms with Crippen LogP contribution in [0.2, 0.25) is 0 Å². The molecule has 8 heteroatoms. The van der Waals surface area contributed by atoms with Crippen molar-refractivity contribution in [3.63, 3.8) is 0 Å². The van der Waals surface area contributed by atoms with Crippen molar-refractivity contribution in [1.29, 1.82) is 0 Å². The number of carbonyl (C=O) groups is 2. The first-order valence-corrected chi connectivity index (χ1v) is 9.47. The second-order valence-electron chi connectivity index (χ2n) is 6.99. The van der Waals surface area contributed by atoms with E-state index in [2.05, 4.69) is 10.3 Å². The van der Waals surface area contributed by atoms with E-state index in [1.807, 2.05) is 6.92 Å². The molecule has 1 aromatic heterocycles. The number of fused-ring (bicyclic) bond motifs is 1. The Balaban J connectivity index is 1.74. The molecule has 1 aromatic rings.